The topological polar surface area (TPSA) is 113 Å². The third kappa shape index (κ3) is 5.30. The Morgan fingerprint density at radius 2 is 1.78 bits per heavy atom. The van der Waals surface area contributed by atoms with Gasteiger partial charge in [-0.1, -0.05) is 23.2 Å². The van der Waals surface area contributed by atoms with Crippen molar-refractivity contribution < 1.29 is 29.3 Å². The van der Waals surface area contributed by atoms with E-state index in [1.165, 1.54) is 13.2 Å². The fourth-order valence-electron chi connectivity index (χ4n) is 1.87. The van der Waals surface area contributed by atoms with Crippen molar-refractivity contribution in [2.45, 2.75) is 25.7 Å². The first-order valence-corrected chi connectivity index (χ1v) is 7.34. The second kappa shape index (κ2) is 8.59. The molecule has 0 bridgehead atoms. The van der Waals surface area contributed by atoms with E-state index in [0.29, 0.717) is 12.8 Å². The minimum Gasteiger partial charge on any atom is -0.494 e. The number of hydrogen-bond donors (Lipinski definition) is 3. The Morgan fingerprint density at radius 1 is 1.17 bits per heavy atom. The number of carbonyl (C=O) groups is 3. The third-order valence-electron chi connectivity index (χ3n) is 2.91. The number of amides is 1. The van der Waals surface area contributed by atoms with Crippen molar-refractivity contribution in [3.63, 3.8) is 0 Å². The summed E-state index contributed by atoms with van der Waals surface area (Å²) < 4.78 is 4.91. The Bertz CT molecular complexity index is 632. The van der Waals surface area contributed by atoms with E-state index >= 15 is 0 Å². The first kappa shape index (κ1) is 19.1. The van der Waals surface area contributed by atoms with E-state index in [1.807, 2.05) is 0 Å². The summed E-state index contributed by atoms with van der Waals surface area (Å²) in [5, 5.41) is 20.0. The number of nitrogens with one attached hydrogen (secondary N) is 1. The predicted octanol–water partition coefficient (Wildman–Crippen LogP) is 3.28. The largest absolute Gasteiger partial charge is 0.494 e. The zero-order chi connectivity index (χ0) is 17.6. The normalized spacial score (nSPS) is 10.2. The van der Waals surface area contributed by atoms with Crippen LogP contribution in [0.4, 0.5) is 5.69 Å². The van der Waals surface area contributed by atoms with Crippen molar-refractivity contribution in [2.24, 2.45) is 0 Å². The van der Waals surface area contributed by atoms with Crippen molar-refractivity contribution in [3.05, 3.63) is 21.7 Å². The molecular formula is C14H15Cl2NO6. The minimum atomic E-state index is -1.34. The molecule has 1 aromatic rings. The van der Waals surface area contributed by atoms with Gasteiger partial charge in [0.15, 0.2) is 5.75 Å². The maximum atomic E-state index is 11.8. The van der Waals surface area contributed by atoms with Gasteiger partial charge in [-0.05, 0) is 18.9 Å². The first-order chi connectivity index (χ1) is 10.8. The summed E-state index contributed by atoms with van der Waals surface area (Å²) >= 11 is 11.9. The second-order valence-electron chi connectivity index (χ2n) is 4.58. The molecule has 0 heterocycles. The maximum absolute atomic E-state index is 11.8. The molecule has 0 saturated heterocycles. The number of hydrogen-bond acceptors (Lipinski definition) is 4. The summed E-state index contributed by atoms with van der Waals surface area (Å²) in [5.74, 6) is -2.79. The van der Waals surface area contributed by atoms with Gasteiger partial charge in [-0.3, -0.25) is 9.59 Å². The number of benzene rings is 1. The Labute approximate surface area is 142 Å². The number of ether oxygens (including phenoxy) is 1. The molecule has 1 amide bonds. The monoisotopic (exact) mass is 363 g/mol. The fourth-order valence-corrected chi connectivity index (χ4v) is 2.41. The highest BCUT2D eigenvalue weighted by Crippen LogP contribution is 2.39. The van der Waals surface area contributed by atoms with Gasteiger partial charge in [-0.15, -0.1) is 0 Å². The molecule has 0 aliphatic heterocycles. The van der Waals surface area contributed by atoms with Crippen molar-refractivity contribution in [3.8, 4) is 5.75 Å². The van der Waals surface area contributed by atoms with Crippen LogP contribution < -0.4 is 10.1 Å². The highest BCUT2D eigenvalue weighted by molar-refractivity contribution is 6.39. The van der Waals surface area contributed by atoms with Gasteiger partial charge in [0.25, 0.3) is 0 Å². The molecule has 0 spiro atoms. The predicted molar refractivity (Wildman–Crippen MR) is 84.7 cm³/mol. The van der Waals surface area contributed by atoms with Gasteiger partial charge in [0.1, 0.15) is 5.56 Å². The minimum absolute atomic E-state index is 0.00419. The first-order valence-electron chi connectivity index (χ1n) is 6.58. The molecule has 0 radical (unpaired) electrons. The Hall–Kier alpha value is -1.99. The van der Waals surface area contributed by atoms with Gasteiger partial charge in [-0.2, -0.15) is 0 Å². The number of halogens is 2. The van der Waals surface area contributed by atoms with Crippen LogP contribution >= 0.6 is 23.2 Å². The van der Waals surface area contributed by atoms with Crippen molar-refractivity contribution in [1.29, 1.82) is 0 Å². The highest BCUT2D eigenvalue weighted by atomic mass is 35.5. The van der Waals surface area contributed by atoms with Crippen molar-refractivity contribution >= 4 is 46.7 Å². The third-order valence-corrected chi connectivity index (χ3v) is 3.58. The molecule has 3 N–H and O–H groups in total. The van der Waals surface area contributed by atoms with Gasteiger partial charge >= 0.3 is 11.9 Å². The van der Waals surface area contributed by atoms with E-state index in [0.717, 1.165) is 0 Å². The number of carbonyl (C=O) groups excluding carboxylic acids is 1. The lowest BCUT2D eigenvalue weighted by molar-refractivity contribution is -0.137. The molecule has 1 rings (SSSR count). The summed E-state index contributed by atoms with van der Waals surface area (Å²) in [6, 6.07) is 1.30. The van der Waals surface area contributed by atoms with Crippen LogP contribution in [0.5, 0.6) is 5.75 Å². The highest BCUT2D eigenvalue weighted by Gasteiger charge is 2.23. The molecular weight excluding hydrogens is 349 g/mol. The van der Waals surface area contributed by atoms with E-state index in [9.17, 15) is 19.5 Å². The van der Waals surface area contributed by atoms with Gasteiger partial charge in [0, 0.05) is 12.8 Å². The van der Waals surface area contributed by atoms with Gasteiger partial charge in [0.2, 0.25) is 5.91 Å². The lowest BCUT2D eigenvalue weighted by Gasteiger charge is -2.14. The van der Waals surface area contributed by atoms with Crippen LogP contribution in [-0.4, -0.2) is 35.2 Å². The van der Waals surface area contributed by atoms with E-state index in [4.69, 9.17) is 33.0 Å². The second-order valence-corrected chi connectivity index (χ2v) is 5.37. The quantitative estimate of drug-likeness (QED) is 0.610. The number of rotatable bonds is 8. The number of aliphatic carboxylic acids is 1. The number of methoxy groups -OCH3 is 1. The molecule has 7 nitrogen and oxygen atoms in total. The summed E-state index contributed by atoms with van der Waals surface area (Å²) in [5.41, 5.74) is -0.291. The van der Waals surface area contributed by atoms with Crippen LogP contribution in [0.15, 0.2) is 6.07 Å². The van der Waals surface area contributed by atoms with E-state index in [-0.39, 0.29) is 39.9 Å². The smallest absolute Gasteiger partial charge is 0.341 e. The molecule has 0 aromatic heterocycles. The summed E-state index contributed by atoms with van der Waals surface area (Å²) in [6.45, 7) is 0. The average molecular weight is 364 g/mol. The molecule has 0 aliphatic rings. The lowest BCUT2D eigenvalue weighted by atomic mass is 10.1. The van der Waals surface area contributed by atoms with Gasteiger partial charge in [0.05, 0.1) is 22.8 Å². The van der Waals surface area contributed by atoms with Crippen LogP contribution in [0.3, 0.4) is 0 Å². The van der Waals surface area contributed by atoms with E-state index < -0.39 is 17.8 Å². The molecule has 0 unspecified atom stereocenters. The number of unbranched alkanes of at least 4 members (excludes halogenated alkanes) is 1. The Morgan fingerprint density at radius 3 is 2.30 bits per heavy atom. The molecule has 126 valence electrons. The van der Waals surface area contributed by atoms with Crippen LogP contribution in [0, 0.1) is 0 Å². The molecule has 1 aromatic carbocycles. The average Bonchev–Trinajstić information content (AvgIpc) is 2.46. The van der Waals surface area contributed by atoms with E-state index in [1.54, 1.807) is 0 Å². The Balaban J connectivity index is 2.86. The van der Waals surface area contributed by atoms with E-state index in [2.05, 4.69) is 5.32 Å². The molecule has 0 aliphatic carbocycles. The molecule has 0 saturated carbocycles. The summed E-state index contributed by atoms with van der Waals surface area (Å²) in [6.07, 6.45) is 0.798. The molecule has 9 heteroatoms. The fraction of sp³-hybridized carbons (Fsp3) is 0.357. The Kier molecular flexibility index (Phi) is 7.12. The maximum Gasteiger partial charge on any atom is 0.341 e. The van der Waals surface area contributed by atoms with Gasteiger partial charge < -0.3 is 20.3 Å². The summed E-state index contributed by atoms with van der Waals surface area (Å²) in [4.78, 5) is 33.5. The van der Waals surface area contributed by atoms with Crippen molar-refractivity contribution in [1.82, 2.24) is 0 Å². The molecule has 23 heavy (non-hydrogen) atoms. The zero-order valence-electron chi connectivity index (χ0n) is 12.2. The number of carboxylic acid groups (broad SMARTS) is 2. The SMILES string of the molecule is COc1c(Cl)cc(NC(=O)CCCCC(=O)O)c(Cl)c1C(=O)O. The number of anilines is 1. The van der Waals surface area contributed by atoms with Gasteiger partial charge in [-0.25, -0.2) is 4.79 Å². The van der Waals surface area contributed by atoms with Crippen LogP contribution in [0.2, 0.25) is 10.0 Å². The summed E-state index contributed by atoms with van der Waals surface area (Å²) in [7, 11) is 1.25. The van der Waals surface area contributed by atoms with Crippen LogP contribution in [0.25, 0.3) is 0 Å². The van der Waals surface area contributed by atoms with Crippen molar-refractivity contribution in [2.75, 3.05) is 12.4 Å². The standard InChI is InChI=1S/C14H15Cl2NO6/c1-23-13-7(15)6-8(12(16)11(13)14(21)22)17-9(18)4-2-3-5-10(19)20/h6H,2-5H2,1H3,(H,17,18)(H,19,20)(H,21,22). The zero-order valence-corrected chi connectivity index (χ0v) is 13.7. The number of carboxylic acids is 2. The molecule has 0 fully saturated rings. The van der Waals surface area contributed by atoms with Crippen LogP contribution in [0.1, 0.15) is 36.0 Å². The van der Waals surface area contributed by atoms with Crippen LogP contribution in [-0.2, 0) is 9.59 Å². The lowest BCUT2D eigenvalue weighted by Crippen LogP contribution is -2.13. The molecule has 0 atom stereocenters. The number of aromatic carboxylic acids is 1.